The first-order chi connectivity index (χ1) is 10.1. The van der Waals surface area contributed by atoms with Crippen molar-refractivity contribution in [2.24, 2.45) is 5.73 Å². The highest BCUT2D eigenvalue weighted by Crippen LogP contribution is 2.40. The lowest BCUT2D eigenvalue weighted by Crippen LogP contribution is -2.12. The number of thiophene rings is 1. The van der Waals surface area contributed by atoms with Gasteiger partial charge in [-0.2, -0.15) is 0 Å². The third-order valence-electron chi connectivity index (χ3n) is 3.90. The maximum atomic E-state index is 6.49. The van der Waals surface area contributed by atoms with Gasteiger partial charge in [0.1, 0.15) is 5.75 Å². The molecule has 1 unspecified atom stereocenters. The van der Waals surface area contributed by atoms with E-state index in [1.165, 1.54) is 41.0 Å². The molecular formula is C16H17BrClNOS. The van der Waals surface area contributed by atoms with Crippen LogP contribution in [0.1, 0.15) is 39.8 Å². The number of fused-ring (bicyclic) bond motifs is 1. The maximum Gasteiger partial charge on any atom is 0.138 e. The van der Waals surface area contributed by atoms with Crippen LogP contribution in [0.4, 0.5) is 0 Å². The van der Waals surface area contributed by atoms with Gasteiger partial charge < -0.3 is 10.5 Å². The van der Waals surface area contributed by atoms with E-state index in [1.54, 1.807) is 7.11 Å². The fourth-order valence-corrected chi connectivity index (χ4v) is 5.12. The Labute approximate surface area is 142 Å². The zero-order valence-corrected chi connectivity index (χ0v) is 14.9. The zero-order chi connectivity index (χ0) is 15.0. The molecule has 1 heterocycles. The van der Waals surface area contributed by atoms with Crippen LogP contribution >= 0.6 is 38.9 Å². The van der Waals surface area contributed by atoms with Crippen LogP contribution in [0.3, 0.4) is 0 Å². The van der Waals surface area contributed by atoms with Gasteiger partial charge in [-0.25, -0.2) is 0 Å². The molecule has 0 bridgehead atoms. The molecule has 0 fully saturated rings. The molecule has 0 spiro atoms. The second-order valence-electron chi connectivity index (χ2n) is 5.29. The molecule has 21 heavy (non-hydrogen) atoms. The Hall–Kier alpha value is -0.550. The van der Waals surface area contributed by atoms with Crippen LogP contribution in [0.25, 0.3) is 0 Å². The van der Waals surface area contributed by atoms with Gasteiger partial charge in [0.2, 0.25) is 0 Å². The van der Waals surface area contributed by atoms with Gasteiger partial charge >= 0.3 is 0 Å². The standard InChI is InChI=1S/C16H17BrClNOS/c1-20-16-11(7-10(18)8-12(16)17)15(19)14-6-9-4-2-3-5-13(9)21-14/h6-8,15H,2-5,19H2,1H3. The van der Waals surface area contributed by atoms with Gasteiger partial charge in [0.15, 0.2) is 0 Å². The van der Waals surface area contributed by atoms with Gasteiger partial charge in [0, 0.05) is 20.3 Å². The molecule has 0 saturated heterocycles. The Morgan fingerprint density at radius 3 is 2.76 bits per heavy atom. The summed E-state index contributed by atoms with van der Waals surface area (Å²) in [4.78, 5) is 2.68. The van der Waals surface area contributed by atoms with Crippen LogP contribution in [-0.4, -0.2) is 7.11 Å². The van der Waals surface area contributed by atoms with E-state index in [0.717, 1.165) is 15.8 Å². The molecule has 0 radical (unpaired) electrons. The molecule has 1 atom stereocenters. The molecule has 0 amide bonds. The number of aryl methyl sites for hydroxylation is 2. The van der Waals surface area contributed by atoms with Crippen molar-refractivity contribution in [1.82, 2.24) is 0 Å². The average Bonchev–Trinajstić information content (AvgIpc) is 2.89. The fraction of sp³-hybridized carbons (Fsp3) is 0.375. The Morgan fingerprint density at radius 2 is 2.05 bits per heavy atom. The molecule has 5 heteroatoms. The normalized spacial score (nSPS) is 15.6. The number of nitrogens with two attached hydrogens (primary N) is 1. The molecule has 0 saturated carbocycles. The summed E-state index contributed by atoms with van der Waals surface area (Å²) >= 11 is 11.5. The number of halogens is 2. The van der Waals surface area contributed by atoms with E-state index in [0.29, 0.717) is 5.02 Å². The number of hydrogen-bond donors (Lipinski definition) is 1. The van der Waals surface area contributed by atoms with Crippen molar-refractivity contribution >= 4 is 38.9 Å². The van der Waals surface area contributed by atoms with Crippen LogP contribution in [0.15, 0.2) is 22.7 Å². The number of hydrogen-bond acceptors (Lipinski definition) is 3. The lowest BCUT2D eigenvalue weighted by Gasteiger charge is -2.16. The second kappa shape index (κ2) is 6.29. The predicted molar refractivity (Wildman–Crippen MR) is 92.7 cm³/mol. The lowest BCUT2D eigenvalue weighted by atomic mass is 9.98. The molecule has 1 aromatic heterocycles. The topological polar surface area (TPSA) is 35.2 Å². The molecule has 1 aliphatic carbocycles. The van der Waals surface area contributed by atoms with Gasteiger partial charge in [0.25, 0.3) is 0 Å². The summed E-state index contributed by atoms with van der Waals surface area (Å²) in [6.07, 6.45) is 4.93. The Kier molecular flexibility index (Phi) is 4.60. The van der Waals surface area contributed by atoms with Crippen LogP contribution in [-0.2, 0) is 12.8 Å². The second-order valence-corrected chi connectivity index (χ2v) is 7.75. The van der Waals surface area contributed by atoms with E-state index >= 15 is 0 Å². The third-order valence-corrected chi connectivity index (χ3v) is 6.03. The minimum absolute atomic E-state index is 0.203. The van der Waals surface area contributed by atoms with E-state index in [2.05, 4.69) is 22.0 Å². The van der Waals surface area contributed by atoms with Crippen molar-refractivity contribution in [2.75, 3.05) is 7.11 Å². The lowest BCUT2D eigenvalue weighted by molar-refractivity contribution is 0.405. The predicted octanol–water partition coefficient (Wildman–Crippen LogP) is 5.10. The highest BCUT2D eigenvalue weighted by Gasteiger charge is 2.22. The first kappa shape index (κ1) is 15.3. The largest absolute Gasteiger partial charge is 0.495 e. The summed E-state index contributed by atoms with van der Waals surface area (Å²) in [5, 5.41) is 0.662. The molecule has 0 aliphatic heterocycles. The molecule has 2 aromatic rings. The van der Waals surface area contributed by atoms with Crippen LogP contribution in [0.5, 0.6) is 5.75 Å². The monoisotopic (exact) mass is 385 g/mol. The Balaban J connectivity index is 2.02. The molecule has 1 aliphatic rings. The van der Waals surface area contributed by atoms with E-state index in [-0.39, 0.29) is 6.04 Å². The molecule has 1 aromatic carbocycles. The van der Waals surface area contributed by atoms with Crippen molar-refractivity contribution in [3.05, 3.63) is 48.6 Å². The van der Waals surface area contributed by atoms with Gasteiger partial charge in [-0.3, -0.25) is 0 Å². The smallest absolute Gasteiger partial charge is 0.138 e. The van der Waals surface area contributed by atoms with Crippen molar-refractivity contribution in [3.63, 3.8) is 0 Å². The number of rotatable bonds is 3. The Morgan fingerprint density at radius 1 is 1.29 bits per heavy atom. The molecule has 2 nitrogen and oxygen atoms in total. The van der Waals surface area contributed by atoms with Gasteiger partial charge in [0.05, 0.1) is 17.6 Å². The first-order valence-corrected chi connectivity index (χ1v) is 8.99. The fourth-order valence-electron chi connectivity index (χ4n) is 2.85. The van der Waals surface area contributed by atoms with E-state index in [4.69, 9.17) is 22.1 Å². The Bertz CT molecular complexity index is 647. The van der Waals surface area contributed by atoms with E-state index in [1.807, 2.05) is 23.5 Å². The molecule has 2 N–H and O–H groups in total. The molecular weight excluding hydrogens is 370 g/mol. The minimum atomic E-state index is -0.203. The SMILES string of the molecule is COc1c(Br)cc(Cl)cc1C(N)c1cc2c(s1)CCCC2. The highest BCUT2D eigenvalue weighted by atomic mass is 79.9. The van der Waals surface area contributed by atoms with E-state index < -0.39 is 0 Å². The van der Waals surface area contributed by atoms with Crippen molar-refractivity contribution in [3.8, 4) is 5.75 Å². The average molecular weight is 387 g/mol. The summed E-state index contributed by atoms with van der Waals surface area (Å²) in [7, 11) is 1.66. The first-order valence-electron chi connectivity index (χ1n) is 7.00. The van der Waals surface area contributed by atoms with Crippen LogP contribution < -0.4 is 10.5 Å². The van der Waals surface area contributed by atoms with Crippen LogP contribution in [0.2, 0.25) is 5.02 Å². The highest BCUT2D eigenvalue weighted by molar-refractivity contribution is 9.10. The zero-order valence-electron chi connectivity index (χ0n) is 11.8. The van der Waals surface area contributed by atoms with Gasteiger partial charge in [-0.15, -0.1) is 11.3 Å². The van der Waals surface area contributed by atoms with Gasteiger partial charge in [-0.05, 0) is 65.4 Å². The summed E-state index contributed by atoms with van der Waals surface area (Å²) in [6, 6.07) is 5.79. The maximum absolute atomic E-state index is 6.49. The third kappa shape index (κ3) is 3.00. The number of benzene rings is 1. The summed E-state index contributed by atoms with van der Waals surface area (Å²) in [6.45, 7) is 0. The minimum Gasteiger partial charge on any atom is -0.495 e. The molecule has 112 valence electrons. The van der Waals surface area contributed by atoms with Crippen molar-refractivity contribution < 1.29 is 4.74 Å². The number of methoxy groups -OCH3 is 1. The summed E-state index contributed by atoms with van der Waals surface area (Å²) in [5.74, 6) is 0.762. The quantitative estimate of drug-likeness (QED) is 0.796. The van der Waals surface area contributed by atoms with Crippen molar-refractivity contribution in [1.29, 1.82) is 0 Å². The van der Waals surface area contributed by atoms with Crippen LogP contribution in [0, 0.1) is 0 Å². The van der Waals surface area contributed by atoms with E-state index in [9.17, 15) is 0 Å². The summed E-state index contributed by atoms with van der Waals surface area (Å²) < 4.78 is 6.33. The number of ether oxygens (including phenoxy) is 1. The molecule has 3 rings (SSSR count). The van der Waals surface area contributed by atoms with Crippen molar-refractivity contribution in [2.45, 2.75) is 31.7 Å². The van der Waals surface area contributed by atoms with Gasteiger partial charge in [-0.1, -0.05) is 11.6 Å². The summed E-state index contributed by atoms with van der Waals surface area (Å²) in [5.41, 5.74) is 8.89.